The Morgan fingerprint density at radius 1 is 1.45 bits per heavy atom. The van der Waals surface area contributed by atoms with Crippen LogP contribution in [-0.4, -0.2) is 48.6 Å². The highest BCUT2D eigenvalue weighted by molar-refractivity contribution is 7.89. The van der Waals surface area contributed by atoms with Crippen molar-refractivity contribution in [2.45, 2.75) is 11.8 Å². The summed E-state index contributed by atoms with van der Waals surface area (Å²) in [7, 11) is -3.87. The van der Waals surface area contributed by atoms with Crippen molar-refractivity contribution in [3.8, 4) is 0 Å². The molecule has 110 valence electrons. The number of carboxylic acid groups (broad SMARTS) is 1. The van der Waals surface area contributed by atoms with Crippen LogP contribution in [0.15, 0.2) is 35.7 Å². The SMILES string of the molecule is C=CCN(CCO)S(=O)(=O)c1cccc(C(=O)O)c1C. The van der Waals surface area contributed by atoms with Gasteiger partial charge in [-0.05, 0) is 24.6 Å². The van der Waals surface area contributed by atoms with Gasteiger partial charge in [0.15, 0.2) is 0 Å². The highest BCUT2D eigenvalue weighted by Crippen LogP contribution is 2.22. The average Bonchev–Trinajstić information content (AvgIpc) is 2.38. The van der Waals surface area contributed by atoms with E-state index in [2.05, 4.69) is 6.58 Å². The van der Waals surface area contributed by atoms with Crippen molar-refractivity contribution >= 4 is 16.0 Å². The van der Waals surface area contributed by atoms with Crippen LogP contribution in [0.4, 0.5) is 0 Å². The Morgan fingerprint density at radius 3 is 2.60 bits per heavy atom. The summed E-state index contributed by atoms with van der Waals surface area (Å²) in [6.45, 7) is 4.56. The maximum absolute atomic E-state index is 12.5. The Hall–Kier alpha value is -1.70. The zero-order valence-corrected chi connectivity index (χ0v) is 11.9. The van der Waals surface area contributed by atoms with Gasteiger partial charge in [-0.1, -0.05) is 12.1 Å². The molecule has 20 heavy (non-hydrogen) atoms. The van der Waals surface area contributed by atoms with Gasteiger partial charge in [-0.2, -0.15) is 4.31 Å². The third-order valence-electron chi connectivity index (χ3n) is 2.81. The maximum Gasteiger partial charge on any atom is 0.335 e. The van der Waals surface area contributed by atoms with E-state index in [0.29, 0.717) is 0 Å². The van der Waals surface area contributed by atoms with Crippen molar-refractivity contribution in [2.24, 2.45) is 0 Å². The standard InChI is InChI=1S/C13H17NO5S/c1-3-7-14(8-9-15)20(18,19)12-6-4-5-11(10(12)2)13(16)17/h3-6,15H,1,7-9H2,2H3,(H,16,17). The molecular formula is C13H17NO5S. The van der Waals surface area contributed by atoms with Crippen LogP contribution in [0.25, 0.3) is 0 Å². The molecule has 0 aliphatic rings. The normalized spacial score (nSPS) is 11.6. The monoisotopic (exact) mass is 299 g/mol. The van der Waals surface area contributed by atoms with Gasteiger partial charge in [-0.3, -0.25) is 0 Å². The molecular weight excluding hydrogens is 282 g/mol. The molecule has 6 nitrogen and oxygen atoms in total. The first kappa shape index (κ1) is 16.4. The van der Waals surface area contributed by atoms with Gasteiger partial charge in [-0.25, -0.2) is 13.2 Å². The molecule has 7 heteroatoms. The molecule has 0 saturated carbocycles. The summed E-state index contributed by atoms with van der Waals surface area (Å²) < 4.78 is 26.0. The van der Waals surface area contributed by atoms with E-state index in [0.717, 1.165) is 4.31 Å². The molecule has 0 unspecified atom stereocenters. The van der Waals surface area contributed by atoms with E-state index in [1.807, 2.05) is 0 Å². The number of benzene rings is 1. The average molecular weight is 299 g/mol. The molecule has 0 heterocycles. The van der Waals surface area contributed by atoms with Crippen molar-refractivity contribution in [3.63, 3.8) is 0 Å². The molecule has 0 saturated heterocycles. The lowest BCUT2D eigenvalue weighted by Crippen LogP contribution is -2.34. The fourth-order valence-corrected chi connectivity index (χ4v) is 3.48. The molecule has 0 spiro atoms. The lowest BCUT2D eigenvalue weighted by Gasteiger charge is -2.21. The van der Waals surface area contributed by atoms with Gasteiger partial charge in [0, 0.05) is 13.1 Å². The van der Waals surface area contributed by atoms with E-state index < -0.39 is 16.0 Å². The summed E-state index contributed by atoms with van der Waals surface area (Å²) in [5.41, 5.74) is 0.112. The number of hydrogen-bond acceptors (Lipinski definition) is 4. The first-order valence-electron chi connectivity index (χ1n) is 5.91. The number of aliphatic hydroxyl groups is 1. The lowest BCUT2D eigenvalue weighted by atomic mass is 10.1. The minimum Gasteiger partial charge on any atom is -0.478 e. The third kappa shape index (κ3) is 3.24. The van der Waals surface area contributed by atoms with Crippen molar-refractivity contribution in [2.75, 3.05) is 19.7 Å². The minimum absolute atomic E-state index is 0.0413. The molecule has 1 aromatic rings. The number of aliphatic hydroxyl groups excluding tert-OH is 1. The number of carbonyl (C=O) groups is 1. The number of rotatable bonds is 7. The summed E-state index contributed by atoms with van der Waals surface area (Å²) in [6.07, 6.45) is 1.41. The fourth-order valence-electron chi connectivity index (χ4n) is 1.83. The predicted octanol–water partition coefficient (Wildman–Crippen LogP) is 0.862. The van der Waals surface area contributed by atoms with E-state index in [4.69, 9.17) is 10.2 Å². The van der Waals surface area contributed by atoms with Crippen LogP contribution in [0, 0.1) is 6.92 Å². The van der Waals surface area contributed by atoms with E-state index in [9.17, 15) is 13.2 Å². The molecule has 1 aromatic carbocycles. The van der Waals surface area contributed by atoms with Crippen molar-refractivity contribution in [1.29, 1.82) is 0 Å². The van der Waals surface area contributed by atoms with Gasteiger partial charge in [0.1, 0.15) is 0 Å². The lowest BCUT2D eigenvalue weighted by molar-refractivity contribution is 0.0695. The Kier molecular flexibility index (Phi) is 5.43. The third-order valence-corrected chi connectivity index (χ3v) is 4.82. The molecule has 0 aliphatic carbocycles. The summed E-state index contributed by atoms with van der Waals surface area (Å²) in [5.74, 6) is -1.18. The predicted molar refractivity (Wildman–Crippen MR) is 74.2 cm³/mol. The summed E-state index contributed by atoms with van der Waals surface area (Å²) >= 11 is 0. The number of aromatic carboxylic acids is 1. The zero-order chi connectivity index (χ0) is 15.3. The van der Waals surface area contributed by atoms with E-state index in [-0.39, 0.29) is 35.7 Å². The second-order valence-electron chi connectivity index (χ2n) is 4.11. The molecule has 0 aromatic heterocycles. The molecule has 0 amide bonds. The van der Waals surface area contributed by atoms with Crippen molar-refractivity contribution < 1.29 is 23.4 Å². The van der Waals surface area contributed by atoms with Gasteiger partial charge >= 0.3 is 5.97 Å². The van der Waals surface area contributed by atoms with Crippen LogP contribution in [0.1, 0.15) is 15.9 Å². The van der Waals surface area contributed by atoms with Crippen LogP contribution >= 0.6 is 0 Å². The second kappa shape index (κ2) is 6.65. The smallest absolute Gasteiger partial charge is 0.335 e. The number of carboxylic acids is 1. The van der Waals surface area contributed by atoms with Gasteiger partial charge in [0.05, 0.1) is 17.1 Å². The topological polar surface area (TPSA) is 94.9 Å². The largest absolute Gasteiger partial charge is 0.478 e. The first-order chi connectivity index (χ1) is 9.36. The highest BCUT2D eigenvalue weighted by atomic mass is 32.2. The Labute approximate surface area is 118 Å². The molecule has 0 bridgehead atoms. The zero-order valence-electron chi connectivity index (χ0n) is 11.1. The van der Waals surface area contributed by atoms with Crippen LogP contribution in [0.2, 0.25) is 0 Å². The van der Waals surface area contributed by atoms with Gasteiger partial charge in [-0.15, -0.1) is 6.58 Å². The van der Waals surface area contributed by atoms with Crippen LogP contribution in [0.3, 0.4) is 0 Å². The number of nitrogens with zero attached hydrogens (tertiary/aromatic N) is 1. The Balaban J connectivity index is 3.37. The maximum atomic E-state index is 12.5. The van der Waals surface area contributed by atoms with E-state index >= 15 is 0 Å². The summed E-state index contributed by atoms with van der Waals surface area (Å²) in [6, 6.07) is 4.08. The van der Waals surface area contributed by atoms with Crippen LogP contribution in [-0.2, 0) is 10.0 Å². The van der Waals surface area contributed by atoms with Crippen molar-refractivity contribution in [3.05, 3.63) is 42.0 Å². The van der Waals surface area contributed by atoms with E-state index in [1.165, 1.54) is 31.2 Å². The van der Waals surface area contributed by atoms with Gasteiger partial charge in [0.25, 0.3) is 0 Å². The van der Waals surface area contributed by atoms with Crippen LogP contribution < -0.4 is 0 Å². The molecule has 1 rings (SSSR count). The highest BCUT2D eigenvalue weighted by Gasteiger charge is 2.26. The van der Waals surface area contributed by atoms with Crippen molar-refractivity contribution in [1.82, 2.24) is 4.31 Å². The number of hydrogen-bond donors (Lipinski definition) is 2. The van der Waals surface area contributed by atoms with Gasteiger partial charge in [0.2, 0.25) is 10.0 Å². The second-order valence-corrected chi connectivity index (χ2v) is 6.02. The Bertz CT molecular complexity index is 609. The fraction of sp³-hybridized carbons (Fsp3) is 0.308. The molecule has 0 atom stereocenters. The quantitative estimate of drug-likeness (QED) is 0.728. The van der Waals surface area contributed by atoms with Gasteiger partial charge < -0.3 is 10.2 Å². The summed E-state index contributed by atoms with van der Waals surface area (Å²) in [4.78, 5) is 11.0. The minimum atomic E-state index is -3.87. The molecule has 2 N–H and O–H groups in total. The molecule has 0 radical (unpaired) electrons. The van der Waals surface area contributed by atoms with E-state index in [1.54, 1.807) is 0 Å². The first-order valence-corrected chi connectivity index (χ1v) is 7.35. The number of sulfonamides is 1. The molecule has 0 fully saturated rings. The summed E-state index contributed by atoms with van der Waals surface area (Å²) in [5, 5.41) is 18.0. The Morgan fingerprint density at radius 2 is 2.10 bits per heavy atom. The van der Waals surface area contributed by atoms with Crippen LogP contribution in [0.5, 0.6) is 0 Å². The molecule has 0 aliphatic heterocycles.